The summed E-state index contributed by atoms with van der Waals surface area (Å²) in [6.45, 7) is 0.908. The molecule has 0 fully saturated rings. The van der Waals surface area contributed by atoms with Crippen molar-refractivity contribution >= 4 is 17.9 Å². The minimum Gasteiger partial charge on any atom is -0.355 e. The zero-order valence-corrected chi connectivity index (χ0v) is 13.4. The van der Waals surface area contributed by atoms with E-state index in [0.717, 1.165) is 17.4 Å². The van der Waals surface area contributed by atoms with E-state index in [1.165, 1.54) is 0 Å². The fourth-order valence-corrected chi connectivity index (χ4v) is 2.30. The van der Waals surface area contributed by atoms with Gasteiger partial charge in [-0.3, -0.25) is 4.79 Å². The van der Waals surface area contributed by atoms with Gasteiger partial charge in [-0.15, -0.1) is 0 Å². The van der Waals surface area contributed by atoms with Gasteiger partial charge in [-0.1, -0.05) is 47.6 Å². The monoisotopic (exact) mass is 335 g/mol. The number of nitrogens with one attached hydrogen (secondary N) is 2. The topological polar surface area (TPSA) is 84.2 Å². The molecule has 0 aliphatic rings. The molecule has 0 spiro atoms. The molecule has 2 aromatic carbocycles. The third-order valence-corrected chi connectivity index (χ3v) is 3.57. The molecule has 0 bridgehead atoms. The van der Waals surface area contributed by atoms with Crippen LogP contribution in [0.4, 0.5) is 5.69 Å². The molecule has 0 unspecified atom stereocenters. The number of rotatable bonds is 7. The first-order chi connectivity index (χ1) is 12.3. The Bertz CT molecular complexity index is 842. The average molecular weight is 335 g/mol. The van der Waals surface area contributed by atoms with Crippen molar-refractivity contribution < 1.29 is 14.1 Å². The van der Waals surface area contributed by atoms with Crippen LogP contribution in [0.2, 0.25) is 0 Å². The maximum Gasteiger partial charge on any atom is 0.277 e. The Morgan fingerprint density at radius 1 is 1.08 bits per heavy atom. The third-order valence-electron chi connectivity index (χ3n) is 3.57. The smallest absolute Gasteiger partial charge is 0.277 e. The highest BCUT2D eigenvalue weighted by Crippen LogP contribution is 2.20. The Labute approximate surface area is 144 Å². The fourth-order valence-electron chi connectivity index (χ4n) is 2.30. The van der Waals surface area contributed by atoms with Crippen molar-refractivity contribution in [3.8, 4) is 11.3 Å². The highest BCUT2D eigenvalue weighted by atomic mass is 16.5. The van der Waals surface area contributed by atoms with Crippen LogP contribution in [0.25, 0.3) is 11.3 Å². The second-order valence-electron chi connectivity index (χ2n) is 5.39. The molecular weight excluding hydrogens is 318 g/mol. The summed E-state index contributed by atoms with van der Waals surface area (Å²) < 4.78 is 5.24. The lowest BCUT2D eigenvalue weighted by Gasteiger charge is -2.05. The first-order valence-electron chi connectivity index (χ1n) is 7.83. The summed E-state index contributed by atoms with van der Waals surface area (Å²) in [6.07, 6.45) is 0.816. The van der Waals surface area contributed by atoms with Gasteiger partial charge in [0.15, 0.2) is 11.5 Å². The van der Waals surface area contributed by atoms with E-state index < -0.39 is 0 Å². The van der Waals surface area contributed by atoms with Gasteiger partial charge in [0, 0.05) is 23.9 Å². The van der Waals surface area contributed by atoms with Crippen LogP contribution in [0.3, 0.4) is 0 Å². The highest BCUT2D eigenvalue weighted by Gasteiger charge is 2.13. The van der Waals surface area contributed by atoms with E-state index >= 15 is 0 Å². The van der Waals surface area contributed by atoms with Gasteiger partial charge in [-0.25, -0.2) is 0 Å². The molecule has 1 heterocycles. The van der Waals surface area contributed by atoms with Crippen molar-refractivity contribution in [2.24, 2.45) is 0 Å². The number of aldehydes is 1. The van der Waals surface area contributed by atoms with Gasteiger partial charge in [0.05, 0.1) is 6.54 Å². The van der Waals surface area contributed by atoms with E-state index in [9.17, 15) is 9.59 Å². The van der Waals surface area contributed by atoms with Crippen LogP contribution in [0.5, 0.6) is 0 Å². The Kier molecular flexibility index (Phi) is 5.33. The zero-order valence-electron chi connectivity index (χ0n) is 13.4. The molecule has 126 valence electrons. The number of aromatic nitrogens is 1. The first kappa shape index (κ1) is 16.6. The second-order valence-corrected chi connectivity index (χ2v) is 5.39. The molecule has 0 saturated heterocycles. The summed E-state index contributed by atoms with van der Waals surface area (Å²) in [4.78, 5) is 22.5. The number of nitrogens with zero attached hydrogens (tertiary/aromatic N) is 1. The van der Waals surface area contributed by atoms with E-state index in [1.54, 1.807) is 18.2 Å². The molecule has 0 radical (unpaired) electrons. The van der Waals surface area contributed by atoms with Gasteiger partial charge in [0.25, 0.3) is 5.91 Å². The van der Waals surface area contributed by atoms with E-state index in [4.69, 9.17) is 4.52 Å². The molecule has 25 heavy (non-hydrogen) atoms. The van der Waals surface area contributed by atoms with E-state index in [0.29, 0.717) is 24.5 Å². The lowest BCUT2D eigenvalue weighted by molar-refractivity contribution is -0.107. The largest absolute Gasteiger partial charge is 0.355 e. The quantitative estimate of drug-likeness (QED) is 0.512. The lowest BCUT2D eigenvalue weighted by atomic mass is 10.1. The van der Waals surface area contributed by atoms with E-state index in [2.05, 4.69) is 15.8 Å². The summed E-state index contributed by atoms with van der Waals surface area (Å²) >= 11 is 0. The first-order valence-corrected chi connectivity index (χ1v) is 7.83. The predicted molar refractivity (Wildman–Crippen MR) is 94.1 cm³/mol. The Balaban J connectivity index is 1.62. The zero-order chi connectivity index (χ0) is 17.5. The minimum atomic E-state index is -0.335. The highest BCUT2D eigenvalue weighted by molar-refractivity contribution is 6.03. The van der Waals surface area contributed by atoms with Crippen molar-refractivity contribution in [3.05, 3.63) is 71.9 Å². The van der Waals surface area contributed by atoms with Gasteiger partial charge >= 0.3 is 0 Å². The summed E-state index contributed by atoms with van der Waals surface area (Å²) in [5.41, 5.74) is 2.76. The molecule has 0 aliphatic heterocycles. The van der Waals surface area contributed by atoms with Crippen LogP contribution in [-0.2, 0) is 11.3 Å². The van der Waals surface area contributed by atoms with Crippen molar-refractivity contribution in [1.29, 1.82) is 0 Å². The lowest BCUT2D eigenvalue weighted by Crippen LogP contribution is -2.15. The molecular formula is C19H17N3O3. The second kappa shape index (κ2) is 8.03. The average Bonchev–Trinajstić information content (AvgIpc) is 3.14. The van der Waals surface area contributed by atoms with Crippen LogP contribution in [-0.4, -0.2) is 23.9 Å². The number of carbonyl (C=O) groups excluding carboxylic acids is 2. The van der Waals surface area contributed by atoms with Crippen LogP contribution >= 0.6 is 0 Å². The fraction of sp³-hybridized carbons (Fsp3) is 0.105. The summed E-state index contributed by atoms with van der Waals surface area (Å²) in [5, 5.41) is 9.58. The molecule has 1 aromatic heterocycles. The van der Waals surface area contributed by atoms with Crippen LogP contribution < -0.4 is 10.6 Å². The third kappa shape index (κ3) is 4.39. The number of amides is 1. The molecule has 2 N–H and O–H groups in total. The van der Waals surface area contributed by atoms with Crippen molar-refractivity contribution in [1.82, 2.24) is 10.5 Å². The molecule has 6 nitrogen and oxygen atoms in total. The summed E-state index contributed by atoms with van der Waals surface area (Å²) in [7, 11) is 0. The molecule has 1 amide bonds. The number of hydrogen-bond acceptors (Lipinski definition) is 5. The Morgan fingerprint density at radius 2 is 1.84 bits per heavy atom. The summed E-state index contributed by atoms with van der Waals surface area (Å²) in [5.74, 6) is 0.208. The number of carbonyl (C=O) groups is 2. The van der Waals surface area contributed by atoms with E-state index in [-0.39, 0.29) is 11.6 Å². The predicted octanol–water partition coefficient (Wildman–Crippen LogP) is 2.88. The molecule has 3 rings (SSSR count). The molecule has 0 aliphatic carbocycles. The van der Waals surface area contributed by atoms with Crippen LogP contribution in [0, 0.1) is 0 Å². The van der Waals surface area contributed by atoms with Crippen molar-refractivity contribution in [2.45, 2.75) is 6.54 Å². The van der Waals surface area contributed by atoms with Gasteiger partial charge in [0.2, 0.25) is 0 Å². The Hall–Kier alpha value is -3.25. The van der Waals surface area contributed by atoms with E-state index in [1.807, 2.05) is 42.5 Å². The van der Waals surface area contributed by atoms with Crippen molar-refractivity contribution in [3.63, 3.8) is 0 Å². The Morgan fingerprint density at radius 3 is 2.56 bits per heavy atom. The van der Waals surface area contributed by atoms with Gasteiger partial charge in [0.1, 0.15) is 6.29 Å². The number of benzene rings is 2. The van der Waals surface area contributed by atoms with Crippen LogP contribution in [0.15, 0.2) is 65.2 Å². The SMILES string of the molecule is O=CCNCc1ccc(NC(=O)c2cc(-c3ccccc3)on2)cc1. The maximum atomic E-state index is 12.3. The van der Waals surface area contributed by atoms with Gasteiger partial charge in [-0.05, 0) is 17.7 Å². The van der Waals surface area contributed by atoms with Gasteiger partial charge in [-0.2, -0.15) is 0 Å². The molecule has 0 saturated carbocycles. The minimum absolute atomic E-state index is 0.218. The van der Waals surface area contributed by atoms with Gasteiger partial charge < -0.3 is 20.0 Å². The number of anilines is 1. The normalized spacial score (nSPS) is 10.4. The maximum absolute atomic E-state index is 12.3. The molecule has 0 atom stereocenters. The van der Waals surface area contributed by atoms with Crippen LogP contribution in [0.1, 0.15) is 16.1 Å². The number of hydrogen-bond donors (Lipinski definition) is 2. The van der Waals surface area contributed by atoms with Crippen molar-refractivity contribution in [2.75, 3.05) is 11.9 Å². The summed E-state index contributed by atoms with van der Waals surface area (Å²) in [6, 6.07) is 18.4. The molecule has 3 aromatic rings. The molecule has 6 heteroatoms. The standard InChI is InChI=1S/C19H17N3O3/c23-11-10-20-13-14-6-8-16(9-7-14)21-19(24)17-12-18(25-22-17)15-4-2-1-3-5-15/h1-9,11-12,20H,10,13H2,(H,21,24).